The molecule has 0 atom stereocenters. The quantitative estimate of drug-likeness (QED) is 0.837. The van der Waals surface area contributed by atoms with Crippen LogP contribution in [-0.2, 0) is 6.54 Å². The van der Waals surface area contributed by atoms with E-state index >= 15 is 0 Å². The molecule has 0 spiro atoms. The molecule has 2 heterocycles. The van der Waals surface area contributed by atoms with Crippen molar-refractivity contribution in [1.82, 2.24) is 14.9 Å². The van der Waals surface area contributed by atoms with E-state index in [1.165, 1.54) is 5.56 Å². The number of aryl methyl sites for hydroxylation is 1. The molecule has 0 saturated carbocycles. The lowest BCUT2D eigenvalue weighted by molar-refractivity contribution is 0.311. The smallest absolute Gasteiger partial charge is 0.227 e. The van der Waals surface area contributed by atoms with Gasteiger partial charge in [0.2, 0.25) is 5.95 Å². The lowest BCUT2D eigenvalue weighted by Gasteiger charge is -2.34. The van der Waals surface area contributed by atoms with Crippen LogP contribution in [-0.4, -0.2) is 54.1 Å². The summed E-state index contributed by atoms with van der Waals surface area (Å²) in [5.74, 6) is 1.88. The molecule has 0 radical (unpaired) electrons. The highest BCUT2D eigenvalue weighted by Gasteiger charge is 2.20. The van der Waals surface area contributed by atoms with Gasteiger partial charge < -0.3 is 14.7 Å². The van der Waals surface area contributed by atoms with E-state index in [1.54, 1.807) is 0 Å². The number of hydrogen-bond donors (Lipinski definition) is 0. The van der Waals surface area contributed by atoms with Crippen molar-refractivity contribution < 1.29 is 0 Å². The molecule has 0 bridgehead atoms. The summed E-state index contributed by atoms with van der Waals surface area (Å²) >= 11 is 0. The van der Waals surface area contributed by atoms with E-state index < -0.39 is 0 Å². The first-order chi connectivity index (χ1) is 12.0. The van der Waals surface area contributed by atoms with Gasteiger partial charge in [-0.3, -0.25) is 0 Å². The van der Waals surface area contributed by atoms with Crippen molar-refractivity contribution >= 4 is 11.8 Å². The van der Waals surface area contributed by atoms with Crippen molar-refractivity contribution in [3.63, 3.8) is 0 Å². The minimum absolute atomic E-state index is 0.370. The van der Waals surface area contributed by atoms with Gasteiger partial charge in [-0.25, -0.2) is 4.98 Å². The molecule has 1 fully saturated rings. The molecule has 0 aliphatic carbocycles. The topological polar surface area (TPSA) is 35.5 Å². The van der Waals surface area contributed by atoms with Crippen molar-refractivity contribution in [3.8, 4) is 0 Å². The minimum atomic E-state index is 0.370. The Hall–Kier alpha value is -2.14. The molecule has 134 valence electrons. The number of benzene rings is 1. The van der Waals surface area contributed by atoms with Gasteiger partial charge in [-0.05, 0) is 33.4 Å². The highest BCUT2D eigenvalue weighted by Crippen LogP contribution is 2.22. The number of hydrogen-bond acceptors (Lipinski definition) is 5. The molecular formula is C20H29N5. The molecule has 0 unspecified atom stereocenters. The maximum atomic E-state index is 4.92. The zero-order valence-electron chi connectivity index (χ0n) is 15.8. The van der Waals surface area contributed by atoms with E-state index in [0.717, 1.165) is 50.2 Å². The Bertz CT molecular complexity index is 678. The first kappa shape index (κ1) is 17.7. The maximum absolute atomic E-state index is 4.92. The summed E-state index contributed by atoms with van der Waals surface area (Å²) in [5, 5.41) is 0. The van der Waals surface area contributed by atoms with Crippen LogP contribution in [0, 0.1) is 6.92 Å². The predicted molar refractivity (Wildman–Crippen MR) is 104 cm³/mol. The van der Waals surface area contributed by atoms with Crippen molar-refractivity contribution in [2.75, 3.05) is 43.0 Å². The van der Waals surface area contributed by atoms with Gasteiger partial charge in [-0.15, -0.1) is 0 Å². The Morgan fingerprint density at radius 3 is 2.36 bits per heavy atom. The van der Waals surface area contributed by atoms with Gasteiger partial charge in [0, 0.05) is 50.5 Å². The molecular weight excluding hydrogens is 310 g/mol. The summed E-state index contributed by atoms with van der Waals surface area (Å²) in [7, 11) is 2.17. The molecule has 1 aromatic heterocycles. The number of anilines is 2. The Kier molecular flexibility index (Phi) is 5.53. The molecule has 2 aromatic rings. The molecule has 1 aromatic carbocycles. The highest BCUT2D eigenvalue weighted by molar-refractivity contribution is 5.47. The Morgan fingerprint density at radius 2 is 1.72 bits per heavy atom. The first-order valence-corrected chi connectivity index (χ1v) is 9.12. The molecule has 0 amide bonds. The summed E-state index contributed by atoms with van der Waals surface area (Å²) < 4.78 is 0. The molecule has 1 saturated heterocycles. The predicted octanol–water partition coefficient (Wildman–Crippen LogP) is 2.95. The summed E-state index contributed by atoms with van der Waals surface area (Å²) in [6, 6.07) is 13.1. The summed E-state index contributed by atoms with van der Waals surface area (Å²) in [6.07, 6.45) is 0. The van der Waals surface area contributed by atoms with E-state index in [2.05, 4.69) is 78.9 Å². The van der Waals surface area contributed by atoms with Gasteiger partial charge in [0.05, 0.1) is 0 Å². The lowest BCUT2D eigenvalue weighted by Crippen LogP contribution is -2.45. The molecule has 25 heavy (non-hydrogen) atoms. The van der Waals surface area contributed by atoms with Gasteiger partial charge in [0.1, 0.15) is 5.82 Å². The number of aromatic nitrogens is 2. The van der Waals surface area contributed by atoms with Gasteiger partial charge in [-0.2, -0.15) is 4.98 Å². The normalized spacial score (nSPS) is 15.6. The van der Waals surface area contributed by atoms with E-state index in [9.17, 15) is 0 Å². The molecule has 3 rings (SSSR count). The van der Waals surface area contributed by atoms with Crippen molar-refractivity contribution in [3.05, 3.63) is 47.7 Å². The summed E-state index contributed by atoms with van der Waals surface area (Å²) in [4.78, 5) is 16.6. The monoisotopic (exact) mass is 339 g/mol. The number of likely N-dealkylation sites (N-methyl/N-ethyl adjacent to an activating group) is 1. The molecule has 5 heteroatoms. The molecule has 0 N–H and O–H groups in total. The van der Waals surface area contributed by atoms with Crippen LogP contribution in [0.5, 0.6) is 0 Å². The second-order valence-corrected chi connectivity index (χ2v) is 7.17. The third-order valence-corrected chi connectivity index (χ3v) is 4.73. The van der Waals surface area contributed by atoms with Crippen molar-refractivity contribution in [1.29, 1.82) is 0 Å². The SMILES string of the molecule is Cc1cc(N(Cc2ccccc2)C(C)C)nc(N2CCN(C)CC2)n1. The molecule has 1 aliphatic rings. The lowest BCUT2D eigenvalue weighted by atomic mass is 10.2. The van der Waals surface area contributed by atoms with Gasteiger partial charge >= 0.3 is 0 Å². The number of nitrogens with zero attached hydrogens (tertiary/aromatic N) is 5. The van der Waals surface area contributed by atoms with Crippen LogP contribution >= 0.6 is 0 Å². The molecule has 5 nitrogen and oxygen atoms in total. The van der Waals surface area contributed by atoms with E-state index in [-0.39, 0.29) is 0 Å². The van der Waals surface area contributed by atoms with Gasteiger partial charge in [0.15, 0.2) is 0 Å². The number of piperazine rings is 1. The fraction of sp³-hybridized carbons (Fsp3) is 0.500. The van der Waals surface area contributed by atoms with Crippen LogP contribution in [0.2, 0.25) is 0 Å². The van der Waals surface area contributed by atoms with Crippen LogP contribution in [0.3, 0.4) is 0 Å². The van der Waals surface area contributed by atoms with Crippen LogP contribution in [0.4, 0.5) is 11.8 Å². The van der Waals surface area contributed by atoms with Crippen LogP contribution in [0.25, 0.3) is 0 Å². The number of rotatable bonds is 5. The van der Waals surface area contributed by atoms with Crippen LogP contribution in [0.15, 0.2) is 36.4 Å². The van der Waals surface area contributed by atoms with Crippen LogP contribution in [0.1, 0.15) is 25.1 Å². The third kappa shape index (κ3) is 4.48. The Balaban J connectivity index is 1.86. The zero-order valence-corrected chi connectivity index (χ0v) is 15.8. The Morgan fingerprint density at radius 1 is 1.04 bits per heavy atom. The minimum Gasteiger partial charge on any atom is -0.350 e. The van der Waals surface area contributed by atoms with E-state index in [0.29, 0.717) is 6.04 Å². The first-order valence-electron chi connectivity index (χ1n) is 9.12. The second kappa shape index (κ2) is 7.83. The summed E-state index contributed by atoms with van der Waals surface area (Å²) in [5.41, 5.74) is 2.33. The second-order valence-electron chi connectivity index (χ2n) is 7.17. The van der Waals surface area contributed by atoms with Gasteiger partial charge in [-0.1, -0.05) is 30.3 Å². The van der Waals surface area contributed by atoms with Gasteiger partial charge in [0.25, 0.3) is 0 Å². The zero-order chi connectivity index (χ0) is 17.8. The van der Waals surface area contributed by atoms with Crippen molar-refractivity contribution in [2.24, 2.45) is 0 Å². The summed E-state index contributed by atoms with van der Waals surface area (Å²) in [6.45, 7) is 11.4. The average molecular weight is 339 g/mol. The highest BCUT2D eigenvalue weighted by atomic mass is 15.3. The third-order valence-electron chi connectivity index (χ3n) is 4.73. The van der Waals surface area contributed by atoms with E-state index in [1.807, 2.05) is 0 Å². The fourth-order valence-electron chi connectivity index (χ4n) is 3.14. The van der Waals surface area contributed by atoms with Crippen LogP contribution < -0.4 is 9.80 Å². The van der Waals surface area contributed by atoms with E-state index in [4.69, 9.17) is 9.97 Å². The molecule has 1 aliphatic heterocycles. The Labute approximate surface area is 151 Å². The van der Waals surface area contributed by atoms with Crippen molar-refractivity contribution in [2.45, 2.75) is 33.4 Å². The standard InChI is InChI=1S/C20H29N5/c1-16(2)25(15-18-8-6-5-7-9-18)19-14-17(3)21-20(22-19)24-12-10-23(4)11-13-24/h5-9,14,16H,10-13,15H2,1-4H3. The fourth-order valence-corrected chi connectivity index (χ4v) is 3.14. The average Bonchev–Trinajstić information content (AvgIpc) is 2.60. The maximum Gasteiger partial charge on any atom is 0.227 e. The largest absolute Gasteiger partial charge is 0.350 e.